The van der Waals surface area contributed by atoms with Crippen LogP contribution in [0.2, 0.25) is 0 Å². The van der Waals surface area contributed by atoms with Crippen molar-refractivity contribution in [2.24, 2.45) is 0 Å². The van der Waals surface area contributed by atoms with Crippen LogP contribution in [0.4, 0.5) is 0 Å². The molecular formula is C18H20N4O. The summed E-state index contributed by atoms with van der Waals surface area (Å²) in [7, 11) is 1.67. The zero-order chi connectivity index (χ0) is 16.2. The minimum atomic E-state index is -0.514. The molecule has 2 fully saturated rings. The largest absolute Gasteiger partial charge is 0.354 e. The highest BCUT2D eigenvalue weighted by atomic mass is 16.2. The van der Waals surface area contributed by atoms with Crippen molar-refractivity contribution in [3.05, 3.63) is 41.8 Å². The second-order valence-corrected chi connectivity index (χ2v) is 6.79. The molecule has 1 amide bonds. The molecule has 2 heterocycles. The number of carbonyl (C=O) groups excluding carboxylic acids is 1. The van der Waals surface area contributed by atoms with Gasteiger partial charge in [-0.25, -0.2) is 0 Å². The van der Waals surface area contributed by atoms with Crippen LogP contribution in [0.3, 0.4) is 0 Å². The lowest BCUT2D eigenvalue weighted by Crippen LogP contribution is -2.53. The van der Waals surface area contributed by atoms with Crippen molar-refractivity contribution >= 4 is 22.7 Å². The summed E-state index contributed by atoms with van der Waals surface area (Å²) in [5.41, 5.74) is 1.78. The Balaban J connectivity index is 1.79. The quantitative estimate of drug-likeness (QED) is 0.838. The van der Waals surface area contributed by atoms with Crippen molar-refractivity contribution in [1.29, 1.82) is 5.41 Å². The smallest absolute Gasteiger partial charge is 0.231 e. The Hall–Kier alpha value is -2.52. The van der Waals surface area contributed by atoms with Gasteiger partial charge in [-0.05, 0) is 42.8 Å². The first-order valence-electron chi connectivity index (χ1n) is 7.97. The first-order chi connectivity index (χ1) is 11.0. The minimum Gasteiger partial charge on any atom is -0.354 e. The van der Waals surface area contributed by atoms with Crippen molar-refractivity contribution in [3.8, 4) is 0 Å². The fourth-order valence-corrected chi connectivity index (χ4v) is 3.39. The molecule has 2 aromatic rings. The summed E-state index contributed by atoms with van der Waals surface area (Å²) >= 11 is 0. The van der Waals surface area contributed by atoms with Crippen LogP contribution in [0.15, 0.2) is 36.3 Å². The van der Waals surface area contributed by atoms with E-state index in [0.717, 1.165) is 5.56 Å². The van der Waals surface area contributed by atoms with Gasteiger partial charge in [-0.15, -0.1) is 0 Å². The van der Waals surface area contributed by atoms with E-state index in [0.29, 0.717) is 18.3 Å². The highest BCUT2D eigenvalue weighted by Gasteiger charge is 2.38. The van der Waals surface area contributed by atoms with E-state index in [9.17, 15) is 4.79 Å². The van der Waals surface area contributed by atoms with Crippen LogP contribution in [0.5, 0.6) is 0 Å². The summed E-state index contributed by atoms with van der Waals surface area (Å²) in [6, 6.07) is 9.15. The summed E-state index contributed by atoms with van der Waals surface area (Å²) in [4.78, 5) is 13.7. The molecule has 0 bridgehead atoms. The molecule has 118 valence electrons. The normalized spacial score (nSPS) is 24.7. The summed E-state index contributed by atoms with van der Waals surface area (Å²) in [5.74, 6) is 2.75. The molecule has 1 atom stereocenters. The van der Waals surface area contributed by atoms with Crippen molar-refractivity contribution < 1.29 is 4.79 Å². The number of rotatable bonds is 2. The van der Waals surface area contributed by atoms with Gasteiger partial charge in [0.15, 0.2) is 5.82 Å². The average Bonchev–Trinajstić information content (AvgIpc) is 3.30. The first kappa shape index (κ1) is 14.1. The molecule has 2 N–H and O–H groups in total. The lowest BCUT2D eigenvalue weighted by molar-refractivity contribution is -0.132. The molecule has 0 radical (unpaired) electrons. The zero-order valence-corrected chi connectivity index (χ0v) is 13.4. The van der Waals surface area contributed by atoms with Crippen LogP contribution in [-0.4, -0.2) is 28.3 Å². The Kier molecular flexibility index (Phi) is 2.90. The van der Waals surface area contributed by atoms with E-state index in [2.05, 4.69) is 46.2 Å². The zero-order valence-electron chi connectivity index (χ0n) is 13.4. The number of benzene rings is 1. The van der Waals surface area contributed by atoms with E-state index in [4.69, 9.17) is 5.41 Å². The van der Waals surface area contributed by atoms with E-state index in [1.54, 1.807) is 7.05 Å². The maximum atomic E-state index is 12.3. The van der Waals surface area contributed by atoms with E-state index in [1.807, 2.05) is 6.92 Å². The van der Waals surface area contributed by atoms with Gasteiger partial charge in [-0.3, -0.25) is 15.1 Å². The molecule has 1 saturated carbocycles. The van der Waals surface area contributed by atoms with Crippen molar-refractivity contribution in [3.63, 3.8) is 0 Å². The Morgan fingerprint density at radius 3 is 2.83 bits per heavy atom. The molecule has 1 saturated heterocycles. The topological polar surface area (TPSA) is 61.1 Å². The van der Waals surface area contributed by atoms with E-state index in [-0.39, 0.29) is 5.91 Å². The SMILES string of the molecule is CN1C(=O)C[C@@](C)(c2ccc3ccn(C4CC4)c3c2)NC1=C=N. The maximum Gasteiger partial charge on any atom is 0.231 e. The van der Waals surface area contributed by atoms with Crippen LogP contribution in [0.1, 0.15) is 37.8 Å². The van der Waals surface area contributed by atoms with E-state index in [1.165, 1.54) is 28.6 Å². The van der Waals surface area contributed by atoms with Gasteiger partial charge in [-0.2, -0.15) is 0 Å². The number of aromatic nitrogens is 1. The van der Waals surface area contributed by atoms with Crippen LogP contribution in [0.25, 0.3) is 10.9 Å². The summed E-state index contributed by atoms with van der Waals surface area (Å²) in [6.07, 6.45) is 5.01. The standard InChI is InChI=1S/C18H20N4O/c1-18(10-17(23)21(2)16(11-19)20-18)13-4-3-12-7-8-22(14-5-6-14)15(12)9-13/h3-4,7-9,14,19-20H,5-6,10H2,1-2H3/t18-/m0/s1. The predicted octanol–water partition coefficient (Wildman–Crippen LogP) is 2.73. The number of carbonyl (C=O) groups is 1. The van der Waals surface area contributed by atoms with Gasteiger partial charge in [0, 0.05) is 30.7 Å². The van der Waals surface area contributed by atoms with Gasteiger partial charge in [-0.1, -0.05) is 12.1 Å². The number of amides is 1. The maximum absolute atomic E-state index is 12.3. The van der Waals surface area contributed by atoms with Crippen LogP contribution >= 0.6 is 0 Å². The Morgan fingerprint density at radius 1 is 1.35 bits per heavy atom. The number of nitrogens with zero attached hydrogens (tertiary/aromatic N) is 2. The lowest BCUT2D eigenvalue weighted by Gasteiger charge is -2.40. The lowest BCUT2D eigenvalue weighted by atomic mass is 9.86. The molecule has 1 aromatic heterocycles. The summed E-state index contributed by atoms with van der Waals surface area (Å²) in [6.45, 7) is 2.01. The number of nitrogens with one attached hydrogen (secondary N) is 2. The van der Waals surface area contributed by atoms with Crippen molar-refractivity contribution in [2.75, 3.05) is 7.05 Å². The van der Waals surface area contributed by atoms with Gasteiger partial charge >= 0.3 is 0 Å². The van der Waals surface area contributed by atoms with Crippen molar-refractivity contribution in [2.45, 2.75) is 37.8 Å². The summed E-state index contributed by atoms with van der Waals surface area (Å²) in [5, 5.41) is 12.0. The van der Waals surface area contributed by atoms with Crippen LogP contribution < -0.4 is 5.32 Å². The van der Waals surface area contributed by atoms with E-state index < -0.39 is 5.54 Å². The molecule has 1 aromatic carbocycles. The predicted molar refractivity (Wildman–Crippen MR) is 89.3 cm³/mol. The Bertz CT molecular complexity index is 857. The molecule has 5 heteroatoms. The Morgan fingerprint density at radius 2 is 2.13 bits per heavy atom. The van der Waals surface area contributed by atoms with Gasteiger partial charge in [0.2, 0.25) is 5.91 Å². The van der Waals surface area contributed by atoms with Gasteiger partial charge in [0.1, 0.15) is 0 Å². The van der Waals surface area contributed by atoms with Crippen molar-refractivity contribution in [1.82, 2.24) is 14.8 Å². The fourth-order valence-electron chi connectivity index (χ4n) is 3.39. The third-order valence-corrected chi connectivity index (χ3v) is 5.03. The highest BCUT2D eigenvalue weighted by molar-refractivity contribution is 5.85. The number of hydrogen-bond acceptors (Lipinski definition) is 3. The number of hydrogen-bond donors (Lipinski definition) is 2. The van der Waals surface area contributed by atoms with Gasteiger partial charge in [0.05, 0.1) is 12.0 Å². The second kappa shape index (κ2) is 4.74. The summed E-state index contributed by atoms with van der Waals surface area (Å²) < 4.78 is 2.34. The molecule has 0 unspecified atom stereocenters. The first-order valence-corrected chi connectivity index (χ1v) is 7.97. The molecule has 23 heavy (non-hydrogen) atoms. The fraction of sp³-hybridized carbons (Fsp3) is 0.389. The molecule has 5 nitrogen and oxygen atoms in total. The third kappa shape index (κ3) is 2.16. The molecule has 1 aliphatic heterocycles. The number of fused-ring (bicyclic) bond motifs is 1. The second-order valence-electron chi connectivity index (χ2n) is 6.79. The molecule has 4 rings (SSSR count). The minimum absolute atomic E-state index is 0.00123. The molecule has 0 spiro atoms. The van der Waals surface area contributed by atoms with Gasteiger partial charge < -0.3 is 9.88 Å². The highest BCUT2D eigenvalue weighted by Crippen LogP contribution is 2.39. The van der Waals surface area contributed by atoms with Crippen LogP contribution in [-0.2, 0) is 10.3 Å². The molecular weight excluding hydrogens is 288 g/mol. The van der Waals surface area contributed by atoms with E-state index >= 15 is 0 Å². The monoisotopic (exact) mass is 308 g/mol. The third-order valence-electron chi connectivity index (χ3n) is 5.03. The van der Waals surface area contributed by atoms with Gasteiger partial charge in [0.25, 0.3) is 0 Å². The Labute approximate surface area is 135 Å². The molecule has 2 aliphatic rings. The van der Waals surface area contributed by atoms with Crippen LogP contribution in [0, 0.1) is 5.41 Å². The average molecular weight is 308 g/mol. The molecule has 1 aliphatic carbocycles.